The molecule has 1 amide bonds. The third-order valence-electron chi connectivity index (χ3n) is 7.15. The van der Waals surface area contributed by atoms with Gasteiger partial charge in [0.25, 0.3) is 0 Å². The summed E-state index contributed by atoms with van der Waals surface area (Å²) in [6, 6.07) is 1.82. The van der Waals surface area contributed by atoms with E-state index in [0.29, 0.717) is 6.54 Å². The summed E-state index contributed by atoms with van der Waals surface area (Å²) >= 11 is 0. The minimum atomic E-state index is -3.51. The number of halogens is 2. The van der Waals surface area contributed by atoms with Crippen LogP contribution in [-0.4, -0.2) is 78.0 Å². The molecule has 2 saturated heterocycles. The molecule has 1 aromatic rings. The first kappa shape index (κ1) is 25.2. The number of unbranched alkanes of at least 4 members (excludes halogenated alkanes) is 1. The number of rotatable bonds is 6. The molecule has 3 aliphatic carbocycles. The summed E-state index contributed by atoms with van der Waals surface area (Å²) in [5.74, 6) is 0.406. The van der Waals surface area contributed by atoms with Gasteiger partial charge in [0.15, 0.2) is 0 Å². The van der Waals surface area contributed by atoms with Crippen LogP contribution >= 0.6 is 24.8 Å². The Morgan fingerprint density at radius 2 is 1.53 bits per heavy atom. The molecule has 3 heterocycles. The summed E-state index contributed by atoms with van der Waals surface area (Å²) in [5, 5.41) is -0.512. The third-order valence-corrected chi connectivity index (χ3v) is 9.46. The zero-order valence-electron chi connectivity index (χ0n) is 18.0. The molecule has 3 fully saturated rings. The monoisotopic (exact) mass is 503 g/mol. The van der Waals surface area contributed by atoms with Crippen LogP contribution in [0.25, 0.3) is 0 Å². The van der Waals surface area contributed by atoms with Crippen LogP contribution in [0, 0.1) is 17.8 Å². The second-order valence-electron chi connectivity index (χ2n) is 8.82. The molecule has 8 nitrogen and oxygen atoms in total. The quantitative estimate of drug-likeness (QED) is 0.433. The number of fused-ring (bicyclic) bond motifs is 1. The van der Waals surface area contributed by atoms with E-state index in [1.165, 1.54) is 4.31 Å². The van der Waals surface area contributed by atoms with Crippen molar-refractivity contribution < 1.29 is 13.2 Å². The second kappa shape index (κ2) is 10.2. The lowest BCUT2D eigenvalue weighted by atomic mass is 9.68. The molecule has 2 bridgehead atoms. The topological polar surface area (TPSA) is 86.7 Å². The predicted octanol–water partition coefficient (Wildman–Crippen LogP) is 1.98. The van der Waals surface area contributed by atoms with Crippen molar-refractivity contribution in [3.05, 3.63) is 30.6 Å². The van der Waals surface area contributed by atoms with Crippen LogP contribution in [0.3, 0.4) is 0 Å². The van der Waals surface area contributed by atoms with Crippen LogP contribution in [0.5, 0.6) is 0 Å². The first-order chi connectivity index (χ1) is 14.6. The van der Waals surface area contributed by atoms with Gasteiger partial charge >= 0.3 is 0 Å². The van der Waals surface area contributed by atoms with Crippen molar-refractivity contribution >= 4 is 46.7 Å². The summed E-state index contributed by atoms with van der Waals surface area (Å²) < 4.78 is 27.3. The van der Waals surface area contributed by atoms with Gasteiger partial charge in [0.1, 0.15) is 0 Å². The molecule has 1 aromatic heterocycles. The van der Waals surface area contributed by atoms with E-state index < -0.39 is 15.3 Å². The van der Waals surface area contributed by atoms with Crippen molar-refractivity contribution in [2.24, 2.45) is 17.8 Å². The summed E-state index contributed by atoms with van der Waals surface area (Å²) in [6.07, 6.45) is 11.1. The van der Waals surface area contributed by atoms with E-state index in [9.17, 15) is 13.2 Å². The summed E-state index contributed by atoms with van der Waals surface area (Å²) in [5.41, 5.74) is 0. The van der Waals surface area contributed by atoms with Crippen molar-refractivity contribution in [2.45, 2.75) is 30.9 Å². The maximum Gasteiger partial charge on any atom is 0.241 e. The number of carbonyl (C=O) groups excluding carboxylic acids is 1. The van der Waals surface area contributed by atoms with E-state index in [-0.39, 0.29) is 48.5 Å². The van der Waals surface area contributed by atoms with Gasteiger partial charge in [-0.3, -0.25) is 9.69 Å². The normalized spacial score (nSPS) is 30.6. The Morgan fingerprint density at radius 1 is 0.906 bits per heavy atom. The van der Waals surface area contributed by atoms with Gasteiger partial charge in [0, 0.05) is 45.1 Å². The first-order valence-corrected chi connectivity index (χ1v) is 12.5. The van der Waals surface area contributed by atoms with E-state index in [1.807, 2.05) is 12.1 Å². The minimum absolute atomic E-state index is 0. The highest BCUT2D eigenvalue weighted by molar-refractivity contribution is 7.90. The molecule has 0 radical (unpaired) electrons. The number of carbonyl (C=O) groups is 1. The highest BCUT2D eigenvalue weighted by atomic mass is 35.5. The van der Waals surface area contributed by atoms with Crippen LogP contribution in [0.1, 0.15) is 25.7 Å². The number of amides is 1. The number of hydrogen-bond acceptors (Lipinski definition) is 7. The number of piperazine rings is 1. The lowest BCUT2D eigenvalue weighted by Crippen LogP contribution is -2.47. The van der Waals surface area contributed by atoms with Crippen LogP contribution in [0.15, 0.2) is 30.6 Å². The maximum atomic E-state index is 13.0. The molecule has 0 aromatic carbocycles. The molecule has 5 aliphatic rings. The summed E-state index contributed by atoms with van der Waals surface area (Å²) in [6.45, 7) is 4.91. The zero-order valence-corrected chi connectivity index (χ0v) is 20.4. The second-order valence-corrected chi connectivity index (χ2v) is 10.8. The maximum absolute atomic E-state index is 13.0. The van der Waals surface area contributed by atoms with Crippen molar-refractivity contribution in [2.75, 3.05) is 44.2 Å². The Kier molecular flexibility index (Phi) is 8.06. The number of anilines is 1. The van der Waals surface area contributed by atoms with Gasteiger partial charge in [-0.05, 0) is 50.1 Å². The number of aromatic nitrogens is 2. The van der Waals surface area contributed by atoms with Crippen molar-refractivity contribution in [3.63, 3.8) is 0 Å². The average Bonchev–Trinajstić information content (AvgIpc) is 3.00. The Hall–Kier alpha value is -1.42. The van der Waals surface area contributed by atoms with Crippen molar-refractivity contribution in [3.8, 4) is 0 Å². The Balaban J connectivity index is 0.00000144. The Morgan fingerprint density at radius 3 is 2.16 bits per heavy atom. The number of sulfonamides is 1. The Labute approximate surface area is 202 Å². The van der Waals surface area contributed by atoms with Crippen LogP contribution in [0.2, 0.25) is 0 Å². The molecule has 6 rings (SSSR count). The van der Waals surface area contributed by atoms with Crippen LogP contribution in [0.4, 0.5) is 5.95 Å². The standard InChI is InChI=1S/C21H29N5O3S.2ClH/c27-20-18-16-4-6-17(7-5-16)19(18)30(28,29)26(20)11-2-1-10-24-12-14-25(15-13-24)21-22-8-3-9-23-21;;/h3-4,6,8-9,16-19H,1-2,5,7,10-15H2;2*1H. The molecular weight excluding hydrogens is 473 g/mol. The summed E-state index contributed by atoms with van der Waals surface area (Å²) in [7, 11) is -3.51. The van der Waals surface area contributed by atoms with Crippen LogP contribution < -0.4 is 4.90 Å². The average molecular weight is 504 g/mol. The molecular formula is C21H31Cl2N5O3S. The van der Waals surface area contributed by atoms with E-state index in [4.69, 9.17) is 0 Å². The van der Waals surface area contributed by atoms with Gasteiger partial charge < -0.3 is 4.90 Å². The number of allylic oxidation sites excluding steroid dienone is 2. The zero-order chi connectivity index (χ0) is 20.7. The van der Waals surface area contributed by atoms with Gasteiger partial charge in [0.2, 0.25) is 21.9 Å². The third kappa shape index (κ3) is 4.49. The van der Waals surface area contributed by atoms with E-state index >= 15 is 0 Å². The number of nitrogens with zero attached hydrogens (tertiary/aromatic N) is 5. The van der Waals surface area contributed by atoms with Crippen molar-refractivity contribution in [1.29, 1.82) is 0 Å². The van der Waals surface area contributed by atoms with Crippen molar-refractivity contribution in [1.82, 2.24) is 19.2 Å². The smallest absolute Gasteiger partial charge is 0.241 e. The highest BCUT2D eigenvalue weighted by Gasteiger charge is 2.59. The molecule has 4 atom stereocenters. The molecule has 32 heavy (non-hydrogen) atoms. The number of hydrogen-bond donors (Lipinski definition) is 0. The lowest BCUT2D eigenvalue weighted by molar-refractivity contribution is -0.131. The van der Waals surface area contributed by atoms with E-state index in [2.05, 4.69) is 25.8 Å². The molecule has 0 N–H and O–H groups in total. The highest BCUT2D eigenvalue weighted by Crippen LogP contribution is 2.49. The predicted molar refractivity (Wildman–Crippen MR) is 128 cm³/mol. The minimum Gasteiger partial charge on any atom is -0.338 e. The summed E-state index contributed by atoms with van der Waals surface area (Å²) in [4.78, 5) is 26.1. The largest absolute Gasteiger partial charge is 0.338 e. The molecule has 2 aliphatic heterocycles. The molecule has 4 unspecified atom stereocenters. The van der Waals surface area contributed by atoms with E-state index in [1.54, 1.807) is 12.4 Å². The fourth-order valence-corrected chi connectivity index (χ4v) is 7.98. The van der Waals surface area contributed by atoms with Gasteiger partial charge in [-0.1, -0.05) is 12.2 Å². The van der Waals surface area contributed by atoms with Gasteiger partial charge in [-0.25, -0.2) is 22.7 Å². The van der Waals surface area contributed by atoms with Gasteiger partial charge in [-0.15, -0.1) is 24.8 Å². The molecule has 0 spiro atoms. The first-order valence-electron chi connectivity index (χ1n) is 11.0. The Bertz CT molecular complexity index is 925. The van der Waals surface area contributed by atoms with Gasteiger partial charge in [0.05, 0.1) is 11.2 Å². The molecule has 178 valence electrons. The van der Waals surface area contributed by atoms with Crippen LogP contribution in [-0.2, 0) is 14.8 Å². The van der Waals surface area contributed by atoms with Gasteiger partial charge in [-0.2, -0.15) is 0 Å². The lowest BCUT2D eigenvalue weighted by Gasteiger charge is -2.37. The SMILES string of the molecule is Cl.Cl.O=C1C2C3C=CC(CC3)C2S(=O)(=O)N1CCCCN1CCN(c2ncccn2)CC1. The van der Waals surface area contributed by atoms with E-state index in [0.717, 1.165) is 64.4 Å². The fourth-order valence-electron chi connectivity index (χ4n) is 5.57. The molecule has 11 heteroatoms. The molecule has 1 saturated carbocycles. The fraction of sp³-hybridized carbons (Fsp3) is 0.667.